The first-order valence-electron chi connectivity index (χ1n) is 42.6. The molecule has 0 aliphatic heterocycles. The van der Waals surface area contributed by atoms with Gasteiger partial charge in [0.2, 0.25) is 0 Å². The van der Waals surface area contributed by atoms with Crippen molar-refractivity contribution in [2.75, 3.05) is 39.6 Å². The molecular weight excluding hydrogens is 1320 g/mol. The summed E-state index contributed by atoms with van der Waals surface area (Å²) >= 11 is 0. The van der Waals surface area contributed by atoms with Crippen LogP contribution < -0.4 is 0 Å². The van der Waals surface area contributed by atoms with Crippen molar-refractivity contribution in [2.24, 2.45) is 5.92 Å². The van der Waals surface area contributed by atoms with Gasteiger partial charge in [-0.1, -0.05) is 388 Å². The fourth-order valence-corrected chi connectivity index (χ4v) is 14.3. The minimum Gasteiger partial charge on any atom is -0.462 e. The predicted molar refractivity (Wildman–Crippen MR) is 414 cm³/mol. The third kappa shape index (κ3) is 76.1. The first-order chi connectivity index (χ1) is 49.0. The van der Waals surface area contributed by atoms with Crippen molar-refractivity contribution < 1.29 is 80.2 Å². The van der Waals surface area contributed by atoms with Crippen LogP contribution in [0.1, 0.15) is 439 Å². The molecule has 17 nitrogen and oxygen atoms in total. The zero-order chi connectivity index (χ0) is 74.1. The molecule has 600 valence electrons. The number of ether oxygens (including phenoxy) is 4. The van der Waals surface area contributed by atoms with E-state index in [1.807, 2.05) is 0 Å². The molecule has 0 bridgehead atoms. The van der Waals surface area contributed by atoms with Gasteiger partial charge < -0.3 is 33.8 Å². The molecule has 0 amide bonds. The van der Waals surface area contributed by atoms with Crippen LogP contribution in [0.25, 0.3) is 0 Å². The number of aliphatic hydroxyl groups excluding tert-OH is 1. The lowest BCUT2D eigenvalue weighted by molar-refractivity contribution is -0.161. The Morgan fingerprint density at radius 3 is 0.673 bits per heavy atom. The fourth-order valence-electron chi connectivity index (χ4n) is 12.8. The second-order valence-corrected chi connectivity index (χ2v) is 32.9. The Morgan fingerprint density at radius 1 is 0.267 bits per heavy atom. The molecule has 0 aliphatic rings. The molecule has 19 heteroatoms. The zero-order valence-corrected chi connectivity index (χ0v) is 67.8. The lowest BCUT2D eigenvalue weighted by Crippen LogP contribution is -2.30. The van der Waals surface area contributed by atoms with Gasteiger partial charge >= 0.3 is 39.5 Å². The number of rotatable bonds is 82. The molecule has 0 radical (unpaired) electrons. The Morgan fingerprint density at radius 2 is 0.455 bits per heavy atom. The van der Waals surface area contributed by atoms with Crippen LogP contribution in [0.15, 0.2) is 0 Å². The second kappa shape index (κ2) is 74.9. The average molecular weight is 1480 g/mol. The summed E-state index contributed by atoms with van der Waals surface area (Å²) in [5.74, 6) is -1.32. The van der Waals surface area contributed by atoms with Gasteiger partial charge in [-0.05, 0) is 31.6 Å². The molecule has 0 saturated heterocycles. The van der Waals surface area contributed by atoms with Gasteiger partial charge in [0.1, 0.15) is 19.3 Å². The summed E-state index contributed by atoms with van der Waals surface area (Å²) in [5.41, 5.74) is 0. The van der Waals surface area contributed by atoms with Crippen LogP contribution in [0.3, 0.4) is 0 Å². The molecule has 0 rings (SSSR count). The molecule has 0 aromatic heterocycles. The summed E-state index contributed by atoms with van der Waals surface area (Å²) in [5, 5.41) is 10.6. The van der Waals surface area contributed by atoms with Crippen LogP contribution in [0.4, 0.5) is 0 Å². The smallest absolute Gasteiger partial charge is 0.462 e. The highest BCUT2D eigenvalue weighted by molar-refractivity contribution is 7.47. The summed E-state index contributed by atoms with van der Waals surface area (Å²) in [4.78, 5) is 72.9. The second-order valence-electron chi connectivity index (χ2n) is 30.0. The normalized spacial score (nSPS) is 13.8. The van der Waals surface area contributed by atoms with E-state index in [4.69, 9.17) is 37.0 Å². The van der Waals surface area contributed by atoms with E-state index in [9.17, 15) is 43.2 Å². The Bertz CT molecular complexity index is 1930. The summed E-state index contributed by atoms with van der Waals surface area (Å²) in [6, 6.07) is 0. The molecule has 0 aromatic carbocycles. The van der Waals surface area contributed by atoms with Crippen LogP contribution >= 0.6 is 15.6 Å². The standard InChI is InChI=1S/C82H160O17P2/c1-6-9-12-15-18-20-22-24-26-28-29-30-31-33-35-39-43-47-52-57-62-67-82(87)99-78(72-93-80(85)66-61-56-51-46-42-38-34-32-27-25-23-21-19-16-13-10-7-2)74-97-101(90,91)95-70-76(83)69-94-100(88,89)96-73-77(71-92-79(84)65-60-55-49-17-14-11-8-3)98-81(86)68-63-58-53-48-44-40-36-37-41-45-50-54-59-64-75(4)5/h75-78,83H,6-74H2,1-5H3,(H,88,89)(H,90,91)/t76-,77+,78+/m0/s1. The lowest BCUT2D eigenvalue weighted by Gasteiger charge is -2.21. The maximum atomic E-state index is 13.1. The molecule has 3 N–H and O–H groups in total. The van der Waals surface area contributed by atoms with E-state index in [0.29, 0.717) is 25.7 Å². The fraction of sp³-hybridized carbons (Fsp3) is 0.951. The topological polar surface area (TPSA) is 237 Å². The summed E-state index contributed by atoms with van der Waals surface area (Å²) in [6.45, 7) is 7.31. The summed E-state index contributed by atoms with van der Waals surface area (Å²) in [6.07, 6.45) is 66.9. The van der Waals surface area contributed by atoms with Crippen molar-refractivity contribution in [1.29, 1.82) is 0 Å². The summed E-state index contributed by atoms with van der Waals surface area (Å²) in [7, 11) is -9.91. The van der Waals surface area contributed by atoms with Gasteiger partial charge in [0.15, 0.2) is 12.2 Å². The van der Waals surface area contributed by atoms with Crippen LogP contribution in [0.5, 0.6) is 0 Å². The van der Waals surface area contributed by atoms with Crippen LogP contribution in [0.2, 0.25) is 0 Å². The highest BCUT2D eigenvalue weighted by atomic mass is 31.2. The lowest BCUT2D eigenvalue weighted by atomic mass is 10.0. The molecule has 101 heavy (non-hydrogen) atoms. The summed E-state index contributed by atoms with van der Waals surface area (Å²) < 4.78 is 68.6. The van der Waals surface area contributed by atoms with Crippen LogP contribution in [-0.2, 0) is 65.4 Å². The van der Waals surface area contributed by atoms with Crippen molar-refractivity contribution in [2.45, 2.75) is 457 Å². The molecular formula is C82H160O17P2. The number of unbranched alkanes of at least 4 members (excludes halogenated alkanes) is 54. The number of phosphoric ester groups is 2. The van der Waals surface area contributed by atoms with Gasteiger partial charge in [-0.25, -0.2) is 9.13 Å². The van der Waals surface area contributed by atoms with Crippen molar-refractivity contribution >= 4 is 39.5 Å². The van der Waals surface area contributed by atoms with E-state index in [1.165, 1.54) is 250 Å². The van der Waals surface area contributed by atoms with Crippen molar-refractivity contribution in [3.05, 3.63) is 0 Å². The maximum Gasteiger partial charge on any atom is 0.472 e. The van der Waals surface area contributed by atoms with Gasteiger partial charge in [0, 0.05) is 25.7 Å². The quantitative estimate of drug-likeness (QED) is 0.0222. The molecule has 0 aliphatic carbocycles. The number of aliphatic hydroxyl groups is 1. The van der Waals surface area contributed by atoms with E-state index in [2.05, 4.69) is 34.6 Å². The first-order valence-corrected chi connectivity index (χ1v) is 45.6. The molecule has 2 unspecified atom stereocenters. The molecule has 0 spiro atoms. The Hall–Kier alpha value is -1.94. The third-order valence-corrected chi connectivity index (χ3v) is 21.2. The van der Waals surface area contributed by atoms with Crippen LogP contribution in [0, 0.1) is 5.92 Å². The largest absolute Gasteiger partial charge is 0.472 e. The molecule has 0 heterocycles. The zero-order valence-electron chi connectivity index (χ0n) is 66.1. The number of phosphoric acid groups is 2. The minimum absolute atomic E-state index is 0.107. The van der Waals surface area contributed by atoms with Gasteiger partial charge in [-0.15, -0.1) is 0 Å². The average Bonchev–Trinajstić information content (AvgIpc) is 1.01. The Kier molecular flexibility index (Phi) is 73.5. The van der Waals surface area contributed by atoms with E-state index in [1.54, 1.807) is 0 Å². The first kappa shape index (κ1) is 99.1. The number of hydrogen-bond donors (Lipinski definition) is 3. The monoisotopic (exact) mass is 1480 g/mol. The number of esters is 4. The van der Waals surface area contributed by atoms with Gasteiger partial charge in [-0.3, -0.25) is 37.3 Å². The SMILES string of the molecule is CCCCCCCCCCCCCCCCCCCCCCCC(=O)O[C@H](COC(=O)CCCCCCCCCCCCCCCCCCC)COP(=O)(O)OC[C@@H](O)COP(=O)(O)OC[C@@H](COC(=O)CCCCCCCCC)OC(=O)CCCCCCCCCCCCCCCC(C)C. The van der Waals surface area contributed by atoms with Crippen LogP contribution in [-0.4, -0.2) is 96.7 Å². The molecule has 0 fully saturated rings. The van der Waals surface area contributed by atoms with Gasteiger partial charge in [0.05, 0.1) is 26.4 Å². The highest BCUT2D eigenvalue weighted by Gasteiger charge is 2.30. The molecule has 0 saturated carbocycles. The van der Waals surface area contributed by atoms with E-state index >= 15 is 0 Å². The number of hydrogen-bond acceptors (Lipinski definition) is 15. The van der Waals surface area contributed by atoms with E-state index in [0.717, 1.165) is 109 Å². The number of carbonyl (C=O) groups excluding carboxylic acids is 4. The number of carbonyl (C=O) groups is 4. The Balaban J connectivity index is 5.17. The molecule has 5 atom stereocenters. The maximum absolute atomic E-state index is 13.1. The highest BCUT2D eigenvalue weighted by Crippen LogP contribution is 2.45. The third-order valence-electron chi connectivity index (χ3n) is 19.3. The van der Waals surface area contributed by atoms with Crippen molar-refractivity contribution in [3.63, 3.8) is 0 Å². The van der Waals surface area contributed by atoms with Gasteiger partial charge in [-0.2, -0.15) is 0 Å². The predicted octanol–water partition coefficient (Wildman–Crippen LogP) is 24.8. The van der Waals surface area contributed by atoms with Crippen molar-refractivity contribution in [1.82, 2.24) is 0 Å². The van der Waals surface area contributed by atoms with E-state index < -0.39 is 97.5 Å². The minimum atomic E-state index is -4.96. The van der Waals surface area contributed by atoms with E-state index in [-0.39, 0.29) is 25.7 Å². The van der Waals surface area contributed by atoms with Gasteiger partial charge in [0.25, 0.3) is 0 Å². The Labute approximate surface area is 619 Å². The van der Waals surface area contributed by atoms with Crippen molar-refractivity contribution in [3.8, 4) is 0 Å². The molecule has 0 aromatic rings.